The van der Waals surface area contributed by atoms with E-state index in [-0.39, 0.29) is 5.92 Å². The van der Waals surface area contributed by atoms with Crippen LogP contribution in [-0.4, -0.2) is 5.78 Å². The fourth-order valence-corrected chi connectivity index (χ4v) is 3.03. The van der Waals surface area contributed by atoms with Gasteiger partial charge >= 0.3 is 0 Å². The van der Waals surface area contributed by atoms with E-state index >= 15 is 0 Å². The van der Waals surface area contributed by atoms with Crippen LogP contribution in [0, 0.1) is 11.8 Å². The standard InChI is InChI=1S/C17H22O/c1-3-4-7-15(13(2)18)10-14-11-16-8-5-6-9-17(16)12-14/h3,5-6,8-9,14-15H,1,4,7,10-12H2,2H3. The Hall–Kier alpha value is -1.37. The summed E-state index contributed by atoms with van der Waals surface area (Å²) in [4.78, 5) is 11.7. The molecule has 18 heavy (non-hydrogen) atoms. The van der Waals surface area contributed by atoms with Crippen molar-refractivity contribution in [1.29, 1.82) is 0 Å². The third-order valence-corrected chi connectivity index (χ3v) is 4.05. The molecular weight excluding hydrogens is 220 g/mol. The fraction of sp³-hybridized carbons (Fsp3) is 0.471. The molecule has 0 aliphatic heterocycles. The Balaban J connectivity index is 1.94. The number of carbonyl (C=O) groups excluding carboxylic acids is 1. The molecule has 1 aromatic carbocycles. The molecule has 1 nitrogen and oxygen atoms in total. The van der Waals surface area contributed by atoms with E-state index < -0.39 is 0 Å². The lowest BCUT2D eigenvalue weighted by Crippen LogP contribution is -2.16. The number of rotatable bonds is 6. The summed E-state index contributed by atoms with van der Waals surface area (Å²) in [6.45, 7) is 5.48. The Morgan fingerprint density at radius 2 is 2.00 bits per heavy atom. The molecule has 1 unspecified atom stereocenters. The third-order valence-electron chi connectivity index (χ3n) is 4.05. The van der Waals surface area contributed by atoms with Crippen LogP contribution in [0.1, 0.15) is 37.3 Å². The number of hydrogen-bond donors (Lipinski definition) is 0. The molecule has 0 bridgehead atoms. The summed E-state index contributed by atoms with van der Waals surface area (Å²) in [6, 6.07) is 8.67. The van der Waals surface area contributed by atoms with Gasteiger partial charge in [0.15, 0.2) is 0 Å². The molecular formula is C17H22O. The number of ketones is 1. The van der Waals surface area contributed by atoms with E-state index in [0.717, 1.165) is 32.1 Å². The zero-order chi connectivity index (χ0) is 13.0. The van der Waals surface area contributed by atoms with Crippen LogP contribution in [0.3, 0.4) is 0 Å². The minimum Gasteiger partial charge on any atom is -0.300 e. The van der Waals surface area contributed by atoms with Gasteiger partial charge in [-0.15, -0.1) is 6.58 Å². The smallest absolute Gasteiger partial charge is 0.132 e. The molecule has 0 saturated carbocycles. The first kappa shape index (κ1) is 13.1. The second kappa shape index (κ2) is 5.99. The molecule has 0 aromatic heterocycles. The van der Waals surface area contributed by atoms with Crippen LogP contribution in [0.25, 0.3) is 0 Å². The molecule has 1 atom stereocenters. The normalized spacial score (nSPS) is 16.3. The van der Waals surface area contributed by atoms with Crippen LogP contribution in [0.5, 0.6) is 0 Å². The molecule has 1 heteroatoms. The van der Waals surface area contributed by atoms with Gasteiger partial charge < -0.3 is 0 Å². The van der Waals surface area contributed by atoms with Crippen LogP contribution in [0.15, 0.2) is 36.9 Å². The lowest BCUT2D eigenvalue weighted by molar-refractivity contribution is -0.121. The second-order valence-electron chi connectivity index (χ2n) is 5.45. The molecule has 0 spiro atoms. The predicted octanol–water partition coefficient (Wildman–Crippen LogP) is 3.96. The van der Waals surface area contributed by atoms with Crippen molar-refractivity contribution >= 4 is 5.78 Å². The van der Waals surface area contributed by atoms with Gasteiger partial charge in [-0.2, -0.15) is 0 Å². The summed E-state index contributed by atoms with van der Waals surface area (Å²) in [5, 5.41) is 0. The molecule has 96 valence electrons. The Bertz CT molecular complexity index is 408. The van der Waals surface area contributed by atoms with Gasteiger partial charge in [-0.05, 0) is 56.1 Å². The molecule has 1 aromatic rings. The largest absolute Gasteiger partial charge is 0.300 e. The molecule has 2 rings (SSSR count). The first-order valence-corrected chi connectivity index (χ1v) is 6.88. The SMILES string of the molecule is C=CCCC(CC1Cc2ccccc2C1)C(C)=O. The quantitative estimate of drug-likeness (QED) is 0.690. The topological polar surface area (TPSA) is 17.1 Å². The molecule has 0 amide bonds. The Labute approximate surface area is 110 Å². The minimum absolute atomic E-state index is 0.224. The van der Waals surface area contributed by atoms with Gasteiger partial charge in [0.25, 0.3) is 0 Å². The highest BCUT2D eigenvalue weighted by molar-refractivity contribution is 5.78. The third kappa shape index (κ3) is 3.10. The van der Waals surface area contributed by atoms with Crippen LogP contribution < -0.4 is 0 Å². The van der Waals surface area contributed by atoms with Crippen molar-refractivity contribution in [3.8, 4) is 0 Å². The maximum atomic E-state index is 11.7. The molecule has 0 radical (unpaired) electrons. The molecule has 0 fully saturated rings. The average molecular weight is 242 g/mol. The summed E-state index contributed by atoms with van der Waals surface area (Å²) in [7, 11) is 0. The van der Waals surface area contributed by atoms with Crippen molar-refractivity contribution < 1.29 is 4.79 Å². The van der Waals surface area contributed by atoms with E-state index in [1.165, 1.54) is 11.1 Å². The van der Waals surface area contributed by atoms with Gasteiger partial charge in [0.05, 0.1) is 0 Å². The van der Waals surface area contributed by atoms with Crippen LogP contribution in [0.2, 0.25) is 0 Å². The first-order chi connectivity index (χ1) is 8.70. The van der Waals surface area contributed by atoms with E-state index in [2.05, 4.69) is 30.8 Å². The lowest BCUT2D eigenvalue weighted by atomic mass is 9.87. The van der Waals surface area contributed by atoms with Gasteiger partial charge in [-0.3, -0.25) is 4.79 Å². The number of benzene rings is 1. The number of allylic oxidation sites excluding steroid dienone is 1. The number of hydrogen-bond acceptors (Lipinski definition) is 1. The van der Waals surface area contributed by atoms with Gasteiger partial charge in [-0.1, -0.05) is 30.3 Å². The number of fused-ring (bicyclic) bond motifs is 1. The fourth-order valence-electron chi connectivity index (χ4n) is 3.03. The zero-order valence-electron chi connectivity index (χ0n) is 11.2. The summed E-state index contributed by atoms with van der Waals surface area (Å²) in [5.41, 5.74) is 2.96. The van der Waals surface area contributed by atoms with Crippen molar-refractivity contribution in [3.63, 3.8) is 0 Å². The highest BCUT2D eigenvalue weighted by Gasteiger charge is 2.25. The number of carbonyl (C=O) groups is 1. The van der Waals surface area contributed by atoms with E-state index in [9.17, 15) is 4.79 Å². The first-order valence-electron chi connectivity index (χ1n) is 6.88. The van der Waals surface area contributed by atoms with E-state index in [1.807, 2.05) is 6.08 Å². The number of Topliss-reactive ketones (excluding diaryl/α,β-unsaturated/α-hetero) is 1. The summed E-state index contributed by atoms with van der Waals surface area (Å²) >= 11 is 0. The minimum atomic E-state index is 0.224. The molecule has 1 aliphatic rings. The Morgan fingerprint density at radius 3 is 2.50 bits per heavy atom. The van der Waals surface area contributed by atoms with Crippen molar-refractivity contribution in [1.82, 2.24) is 0 Å². The molecule has 0 saturated heterocycles. The van der Waals surface area contributed by atoms with Crippen LogP contribution >= 0.6 is 0 Å². The second-order valence-corrected chi connectivity index (χ2v) is 5.45. The van der Waals surface area contributed by atoms with Crippen molar-refractivity contribution in [2.45, 2.75) is 39.0 Å². The van der Waals surface area contributed by atoms with Gasteiger partial charge in [0.1, 0.15) is 5.78 Å². The maximum absolute atomic E-state index is 11.7. The molecule has 0 heterocycles. The lowest BCUT2D eigenvalue weighted by Gasteiger charge is -2.17. The van der Waals surface area contributed by atoms with Gasteiger partial charge in [-0.25, -0.2) is 0 Å². The van der Waals surface area contributed by atoms with Gasteiger partial charge in [0, 0.05) is 5.92 Å². The van der Waals surface area contributed by atoms with E-state index in [4.69, 9.17) is 0 Å². The van der Waals surface area contributed by atoms with Crippen molar-refractivity contribution in [2.24, 2.45) is 11.8 Å². The van der Waals surface area contributed by atoms with Crippen molar-refractivity contribution in [2.75, 3.05) is 0 Å². The summed E-state index contributed by atoms with van der Waals surface area (Å²) in [5.74, 6) is 1.22. The molecule has 0 N–H and O–H groups in total. The monoisotopic (exact) mass is 242 g/mol. The average Bonchev–Trinajstić information content (AvgIpc) is 2.76. The predicted molar refractivity (Wildman–Crippen MR) is 75.6 cm³/mol. The summed E-state index contributed by atoms with van der Waals surface area (Å²) in [6.07, 6.45) is 7.16. The highest BCUT2D eigenvalue weighted by atomic mass is 16.1. The van der Waals surface area contributed by atoms with Gasteiger partial charge in [0.2, 0.25) is 0 Å². The van der Waals surface area contributed by atoms with E-state index in [1.54, 1.807) is 6.92 Å². The van der Waals surface area contributed by atoms with Crippen LogP contribution in [0.4, 0.5) is 0 Å². The Morgan fingerprint density at radius 1 is 1.39 bits per heavy atom. The highest BCUT2D eigenvalue weighted by Crippen LogP contribution is 2.32. The molecule has 1 aliphatic carbocycles. The maximum Gasteiger partial charge on any atom is 0.132 e. The van der Waals surface area contributed by atoms with E-state index in [0.29, 0.717) is 11.7 Å². The summed E-state index contributed by atoms with van der Waals surface area (Å²) < 4.78 is 0. The zero-order valence-corrected chi connectivity index (χ0v) is 11.2. The van der Waals surface area contributed by atoms with Crippen molar-refractivity contribution in [3.05, 3.63) is 48.0 Å². The Kier molecular flexibility index (Phi) is 4.35. The van der Waals surface area contributed by atoms with Crippen LogP contribution in [-0.2, 0) is 17.6 Å².